The number of aromatic nitrogens is 3. The van der Waals surface area contributed by atoms with E-state index in [4.69, 9.17) is 4.52 Å². The van der Waals surface area contributed by atoms with E-state index in [0.717, 1.165) is 51.0 Å². The molecule has 24 heavy (non-hydrogen) atoms. The predicted molar refractivity (Wildman–Crippen MR) is 87.9 cm³/mol. The third kappa shape index (κ3) is 3.47. The predicted octanol–water partition coefficient (Wildman–Crippen LogP) is 2.71. The molecular formula is C18H22N4O2. The van der Waals surface area contributed by atoms with Crippen molar-refractivity contribution in [3.05, 3.63) is 30.2 Å². The van der Waals surface area contributed by atoms with Crippen LogP contribution in [0.2, 0.25) is 0 Å². The van der Waals surface area contributed by atoms with Crippen LogP contribution in [0.25, 0.3) is 11.6 Å². The maximum Gasteiger partial charge on any atom is 0.276 e. The summed E-state index contributed by atoms with van der Waals surface area (Å²) in [7, 11) is 0. The molecule has 2 aromatic rings. The second-order valence-corrected chi connectivity index (χ2v) is 6.84. The number of piperidine rings is 1. The maximum absolute atomic E-state index is 12.2. The van der Waals surface area contributed by atoms with Gasteiger partial charge in [0, 0.05) is 31.6 Å². The highest BCUT2D eigenvalue weighted by Crippen LogP contribution is 2.33. The molecule has 126 valence electrons. The normalized spacial score (nSPS) is 21.0. The number of likely N-dealkylation sites (tertiary alicyclic amines) is 1. The summed E-state index contributed by atoms with van der Waals surface area (Å²) >= 11 is 0. The minimum atomic E-state index is 0.321. The molecule has 0 N–H and O–H groups in total. The van der Waals surface area contributed by atoms with Gasteiger partial charge in [-0.15, -0.1) is 0 Å². The quantitative estimate of drug-likeness (QED) is 0.845. The third-order valence-corrected chi connectivity index (χ3v) is 4.89. The molecule has 1 amide bonds. The van der Waals surface area contributed by atoms with E-state index in [1.54, 1.807) is 6.20 Å². The van der Waals surface area contributed by atoms with E-state index < -0.39 is 0 Å². The number of amides is 1. The van der Waals surface area contributed by atoms with Crippen LogP contribution in [0, 0.1) is 11.8 Å². The fraction of sp³-hybridized carbons (Fsp3) is 0.556. The van der Waals surface area contributed by atoms with Gasteiger partial charge in [0.1, 0.15) is 5.69 Å². The summed E-state index contributed by atoms with van der Waals surface area (Å²) < 4.78 is 5.30. The van der Waals surface area contributed by atoms with Gasteiger partial charge in [-0.3, -0.25) is 9.78 Å². The summed E-state index contributed by atoms with van der Waals surface area (Å²) in [5.41, 5.74) is 0.704. The molecule has 2 aliphatic rings. The van der Waals surface area contributed by atoms with Crippen molar-refractivity contribution in [1.29, 1.82) is 0 Å². The highest BCUT2D eigenvalue weighted by molar-refractivity contribution is 5.81. The Labute approximate surface area is 141 Å². The van der Waals surface area contributed by atoms with Gasteiger partial charge in [0.15, 0.2) is 5.82 Å². The number of pyridine rings is 1. The van der Waals surface area contributed by atoms with Gasteiger partial charge in [0.25, 0.3) is 5.89 Å². The lowest BCUT2D eigenvalue weighted by atomic mass is 9.93. The fourth-order valence-electron chi connectivity index (χ4n) is 3.37. The van der Waals surface area contributed by atoms with Crippen LogP contribution in [-0.2, 0) is 11.2 Å². The zero-order valence-corrected chi connectivity index (χ0v) is 13.7. The molecule has 0 spiro atoms. The highest BCUT2D eigenvalue weighted by atomic mass is 16.5. The molecule has 1 aliphatic carbocycles. The van der Waals surface area contributed by atoms with E-state index in [1.807, 2.05) is 18.2 Å². The number of hydrogen-bond donors (Lipinski definition) is 0. The number of carbonyl (C=O) groups is 1. The highest BCUT2D eigenvalue weighted by Gasteiger charge is 2.35. The van der Waals surface area contributed by atoms with Gasteiger partial charge < -0.3 is 9.42 Å². The summed E-state index contributed by atoms with van der Waals surface area (Å²) in [6.07, 6.45) is 7.95. The van der Waals surface area contributed by atoms with Crippen molar-refractivity contribution >= 4 is 5.91 Å². The van der Waals surface area contributed by atoms with Crippen molar-refractivity contribution in [3.8, 4) is 11.6 Å². The molecule has 0 bridgehead atoms. The minimum Gasteiger partial charge on any atom is -0.342 e. The van der Waals surface area contributed by atoms with Crippen molar-refractivity contribution in [3.63, 3.8) is 0 Å². The Kier molecular flexibility index (Phi) is 4.28. The third-order valence-electron chi connectivity index (χ3n) is 4.89. The first-order valence-electron chi connectivity index (χ1n) is 8.82. The molecule has 6 heteroatoms. The summed E-state index contributed by atoms with van der Waals surface area (Å²) in [6.45, 7) is 1.82. The van der Waals surface area contributed by atoms with E-state index in [-0.39, 0.29) is 0 Å². The van der Waals surface area contributed by atoms with Gasteiger partial charge in [-0.2, -0.15) is 4.98 Å². The lowest BCUT2D eigenvalue weighted by molar-refractivity contribution is -0.134. The lowest BCUT2D eigenvalue weighted by Gasteiger charge is -2.32. The van der Waals surface area contributed by atoms with Crippen LogP contribution in [0.15, 0.2) is 28.9 Å². The molecule has 4 rings (SSSR count). The minimum absolute atomic E-state index is 0.321. The molecule has 0 aromatic carbocycles. The molecule has 2 aromatic heterocycles. The first-order chi connectivity index (χ1) is 11.8. The standard InChI is InChI=1S/C18H22N4O2/c23-18(14-7-8-14)22-11-3-4-13(12-22)6-9-16-20-17(24-21-16)15-5-1-2-10-19-15/h1-2,5,10,13-14H,3-4,6-9,11-12H2. The molecule has 1 saturated carbocycles. The van der Waals surface area contributed by atoms with Crippen molar-refractivity contribution in [2.45, 2.75) is 38.5 Å². The molecule has 1 unspecified atom stereocenters. The van der Waals surface area contributed by atoms with Crippen LogP contribution >= 0.6 is 0 Å². The summed E-state index contributed by atoms with van der Waals surface area (Å²) in [6, 6.07) is 5.62. The van der Waals surface area contributed by atoms with Crippen molar-refractivity contribution in [2.75, 3.05) is 13.1 Å². The van der Waals surface area contributed by atoms with Gasteiger partial charge in [-0.05, 0) is 50.2 Å². The van der Waals surface area contributed by atoms with Crippen molar-refractivity contribution in [1.82, 2.24) is 20.0 Å². The Balaban J connectivity index is 1.32. The number of aryl methyl sites for hydroxylation is 1. The second kappa shape index (κ2) is 6.71. The van der Waals surface area contributed by atoms with E-state index >= 15 is 0 Å². The Morgan fingerprint density at radius 2 is 2.21 bits per heavy atom. The van der Waals surface area contributed by atoms with Crippen molar-refractivity contribution in [2.24, 2.45) is 11.8 Å². The molecular weight excluding hydrogens is 304 g/mol. The Bertz CT molecular complexity index is 696. The lowest BCUT2D eigenvalue weighted by Crippen LogP contribution is -2.40. The Morgan fingerprint density at radius 3 is 3.00 bits per heavy atom. The average molecular weight is 326 g/mol. The molecule has 3 heterocycles. The van der Waals surface area contributed by atoms with Crippen LogP contribution in [0.5, 0.6) is 0 Å². The zero-order valence-electron chi connectivity index (χ0n) is 13.7. The second-order valence-electron chi connectivity index (χ2n) is 6.84. The van der Waals surface area contributed by atoms with Crippen molar-refractivity contribution < 1.29 is 9.32 Å². The van der Waals surface area contributed by atoms with Crippen LogP contribution in [-0.4, -0.2) is 39.0 Å². The van der Waals surface area contributed by atoms with E-state index in [9.17, 15) is 4.79 Å². The SMILES string of the molecule is O=C(C1CC1)N1CCCC(CCc2noc(-c3ccccn3)n2)C1. The smallest absolute Gasteiger partial charge is 0.276 e. The monoisotopic (exact) mass is 326 g/mol. The van der Waals surface area contributed by atoms with E-state index in [1.165, 1.54) is 6.42 Å². The van der Waals surface area contributed by atoms with Crippen LogP contribution in [0.3, 0.4) is 0 Å². The van der Waals surface area contributed by atoms with Crippen LogP contribution in [0.4, 0.5) is 0 Å². The topological polar surface area (TPSA) is 72.1 Å². The zero-order chi connectivity index (χ0) is 16.4. The van der Waals surface area contributed by atoms with Gasteiger partial charge in [0.2, 0.25) is 5.91 Å². The number of rotatable bonds is 5. The molecule has 1 atom stereocenters. The fourth-order valence-corrected chi connectivity index (χ4v) is 3.37. The largest absolute Gasteiger partial charge is 0.342 e. The van der Waals surface area contributed by atoms with Gasteiger partial charge in [-0.1, -0.05) is 11.2 Å². The molecule has 2 fully saturated rings. The number of carbonyl (C=O) groups excluding carboxylic acids is 1. The maximum atomic E-state index is 12.2. The Hall–Kier alpha value is -2.24. The summed E-state index contributed by atoms with van der Waals surface area (Å²) in [5, 5.41) is 4.06. The molecule has 1 saturated heterocycles. The molecule has 6 nitrogen and oxygen atoms in total. The Morgan fingerprint density at radius 1 is 1.29 bits per heavy atom. The van der Waals surface area contributed by atoms with Gasteiger partial charge in [0.05, 0.1) is 0 Å². The first kappa shape index (κ1) is 15.3. The van der Waals surface area contributed by atoms with E-state index in [0.29, 0.717) is 29.3 Å². The average Bonchev–Trinajstić information content (AvgIpc) is 3.38. The first-order valence-corrected chi connectivity index (χ1v) is 8.82. The number of hydrogen-bond acceptors (Lipinski definition) is 5. The summed E-state index contributed by atoms with van der Waals surface area (Å²) in [4.78, 5) is 23.0. The molecule has 1 aliphatic heterocycles. The number of nitrogens with zero attached hydrogens (tertiary/aromatic N) is 4. The summed E-state index contributed by atoms with van der Waals surface area (Å²) in [5.74, 6) is 2.43. The van der Waals surface area contributed by atoms with Crippen LogP contribution < -0.4 is 0 Å². The van der Waals surface area contributed by atoms with Gasteiger partial charge >= 0.3 is 0 Å². The van der Waals surface area contributed by atoms with Gasteiger partial charge in [-0.25, -0.2) is 0 Å². The van der Waals surface area contributed by atoms with E-state index in [2.05, 4.69) is 20.0 Å². The van der Waals surface area contributed by atoms with Crippen LogP contribution in [0.1, 0.15) is 37.9 Å². The molecule has 0 radical (unpaired) electrons.